The maximum atomic E-state index is 13.8. The second kappa shape index (κ2) is 15.1. The van der Waals surface area contributed by atoms with E-state index >= 15 is 0 Å². The van der Waals surface area contributed by atoms with E-state index in [1.807, 2.05) is 78.3 Å². The monoisotopic (exact) mass is 651 g/mol. The van der Waals surface area contributed by atoms with Gasteiger partial charge >= 0.3 is 0 Å². The molecule has 1 aliphatic heterocycles. The number of rotatable bonds is 14. The van der Waals surface area contributed by atoms with Gasteiger partial charge in [0.15, 0.2) is 0 Å². The number of benzene rings is 3. The standard InChI is InChI=1S/C38H49N7O3/c1-37(2,39-5)21-20-33(46)44-26-28-12-7-8-13-30(28)34-35(31-14-9-10-15-32(31)44)45(43-42-34)24-11-23-41-36(47)27-16-18-29(19-17-27)48-25-22-38(3,4)40-6/h7-10,12-19,39-40H,11,20-26H2,1-6H3,(H,41,47). The Morgan fingerprint density at radius 2 is 1.52 bits per heavy atom. The van der Waals surface area contributed by atoms with Gasteiger partial charge in [0.1, 0.15) is 11.4 Å². The maximum Gasteiger partial charge on any atom is 0.251 e. The zero-order valence-corrected chi connectivity index (χ0v) is 29.1. The average molecular weight is 652 g/mol. The fourth-order valence-electron chi connectivity index (χ4n) is 5.66. The smallest absolute Gasteiger partial charge is 0.251 e. The van der Waals surface area contributed by atoms with Crippen molar-refractivity contribution in [2.75, 3.05) is 32.1 Å². The third kappa shape index (κ3) is 8.29. The lowest BCUT2D eigenvalue weighted by atomic mass is 9.94. The fourth-order valence-corrected chi connectivity index (χ4v) is 5.66. The van der Waals surface area contributed by atoms with Gasteiger partial charge in [-0.05, 0) is 96.9 Å². The molecule has 0 radical (unpaired) electrons. The summed E-state index contributed by atoms with van der Waals surface area (Å²) in [4.78, 5) is 28.7. The van der Waals surface area contributed by atoms with Gasteiger partial charge in [-0.25, -0.2) is 4.68 Å². The number of aromatic nitrogens is 3. The summed E-state index contributed by atoms with van der Waals surface area (Å²) in [6, 6.07) is 23.3. The molecule has 1 aromatic heterocycles. The van der Waals surface area contributed by atoms with Crippen molar-refractivity contribution in [3.8, 4) is 28.3 Å². The summed E-state index contributed by atoms with van der Waals surface area (Å²) in [5.41, 5.74) is 5.83. The van der Waals surface area contributed by atoms with Crippen LogP contribution in [0.2, 0.25) is 0 Å². The van der Waals surface area contributed by atoms with Crippen molar-refractivity contribution >= 4 is 17.5 Å². The van der Waals surface area contributed by atoms with Gasteiger partial charge in [-0.1, -0.05) is 47.7 Å². The Kier molecular flexibility index (Phi) is 11.0. The summed E-state index contributed by atoms with van der Waals surface area (Å²) in [6.45, 7) is 10.5. The van der Waals surface area contributed by atoms with Crippen LogP contribution in [0.25, 0.3) is 22.5 Å². The lowest BCUT2D eigenvalue weighted by Gasteiger charge is -2.30. The first kappa shape index (κ1) is 34.8. The Labute approximate surface area is 284 Å². The van der Waals surface area contributed by atoms with Gasteiger partial charge < -0.3 is 25.6 Å². The number of hydrogen-bond donors (Lipinski definition) is 3. The highest BCUT2D eigenvalue weighted by atomic mass is 16.5. The van der Waals surface area contributed by atoms with E-state index in [4.69, 9.17) is 4.74 Å². The molecule has 3 N–H and O–H groups in total. The molecule has 3 aromatic carbocycles. The first-order valence-electron chi connectivity index (χ1n) is 16.8. The van der Waals surface area contributed by atoms with Crippen LogP contribution in [0.4, 0.5) is 5.69 Å². The summed E-state index contributed by atoms with van der Waals surface area (Å²) in [5.74, 6) is 0.676. The second-order valence-electron chi connectivity index (χ2n) is 13.7. The third-order valence-electron chi connectivity index (χ3n) is 9.35. The van der Waals surface area contributed by atoms with Crippen LogP contribution in [0, 0.1) is 0 Å². The molecule has 0 atom stereocenters. The van der Waals surface area contributed by atoms with Crippen LogP contribution in [-0.4, -0.2) is 65.1 Å². The lowest BCUT2D eigenvalue weighted by Crippen LogP contribution is -2.39. The first-order valence-corrected chi connectivity index (χ1v) is 16.8. The van der Waals surface area contributed by atoms with Crippen LogP contribution in [0.5, 0.6) is 5.75 Å². The Morgan fingerprint density at radius 3 is 2.25 bits per heavy atom. The minimum atomic E-state index is -0.150. The highest BCUT2D eigenvalue weighted by Crippen LogP contribution is 2.41. The van der Waals surface area contributed by atoms with Gasteiger partial charge in [-0.3, -0.25) is 9.59 Å². The van der Waals surface area contributed by atoms with E-state index in [1.165, 1.54) is 0 Å². The van der Waals surface area contributed by atoms with Crippen molar-refractivity contribution in [1.82, 2.24) is 30.9 Å². The van der Waals surface area contributed by atoms with Crippen LogP contribution in [0.1, 0.15) is 69.3 Å². The zero-order chi connectivity index (χ0) is 34.3. The predicted octanol–water partition coefficient (Wildman–Crippen LogP) is 5.82. The molecule has 4 aromatic rings. The van der Waals surface area contributed by atoms with Crippen molar-refractivity contribution in [3.63, 3.8) is 0 Å². The predicted molar refractivity (Wildman–Crippen MR) is 191 cm³/mol. The van der Waals surface area contributed by atoms with E-state index in [0.717, 1.165) is 45.9 Å². The number of anilines is 1. The molecule has 0 spiro atoms. The Hall–Kier alpha value is -4.54. The number of ether oxygens (including phenoxy) is 1. The van der Waals surface area contributed by atoms with Gasteiger partial charge in [-0.15, -0.1) is 5.10 Å². The molecular weight excluding hydrogens is 602 g/mol. The zero-order valence-electron chi connectivity index (χ0n) is 29.1. The van der Waals surface area contributed by atoms with Crippen LogP contribution >= 0.6 is 0 Å². The topological polar surface area (TPSA) is 113 Å². The Morgan fingerprint density at radius 1 is 0.854 bits per heavy atom. The van der Waals surface area contributed by atoms with Crippen LogP contribution in [-0.2, 0) is 17.9 Å². The van der Waals surface area contributed by atoms with Gasteiger partial charge in [0.25, 0.3) is 5.91 Å². The number of amides is 2. The number of carbonyl (C=O) groups excluding carboxylic acids is 2. The molecule has 5 rings (SSSR count). The van der Waals surface area contributed by atoms with Crippen molar-refractivity contribution in [2.24, 2.45) is 0 Å². The SMILES string of the molecule is CNC(C)(C)CCOc1ccc(C(=O)NCCCn2nnc3c2-c2ccccc2N(C(=O)CCC(C)(C)NC)Cc2ccccc2-3)cc1. The highest BCUT2D eigenvalue weighted by molar-refractivity contribution is 6.00. The normalized spacial score (nSPS) is 12.8. The molecule has 0 unspecified atom stereocenters. The summed E-state index contributed by atoms with van der Waals surface area (Å²) < 4.78 is 7.77. The summed E-state index contributed by atoms with van der Waals surface area (Å²) in [5, 5.41) is 18.8. The number of hydrogen-bond acceptors (Lipinski definition) is 7. The summed E-state index contributed by atoms with van der Waals surface area (Å²) in [6.07, 6.45) is 2.64. The average Bonchev–Trinajstić information content (AvgIpc) is 3.50. The number of aryl methyl sites for hydroxylation is 1. The van der Waals surface area contributed by atoms with Crippen LogP contribution in [0.3, 0.4) is 0 Å². The Bertz CT molecular complexity index is 1710. The number of fused-ring (bicyclic) bond motifs is 5. The third-order valence-corrected chi connectivity index (χ3v) is 9.35. The molecular formula is C38H49N7O3. The molecule has 10 nitrogen and oxygen atoms in total. The van der Waals surface area contributed by atoms with Gasteiger partial charge in [0.05, 0.1) is 24.5 Å². The van der Waals surface area contributed by atoms with E-state index in [9.17, 15) is 9.59 Å². The Balaban J connectivity index is 1.29. The van der Waals surface area contributed by atoms with Crippen molar-refractivity contribution in [1.29, 1.82) is 0 Å². The van der Waals surface area contributed by atoms with E-state index in [1.54, 1.807) is 12.1 Å². The maximum absolute atomic E-state index is 13.8. The highest BCUT2D eigenvalue weighted by Gasteiger charge is 2.30. The van der Waals surface area contributed by atoms with E-state index in [0.29, 0.717) is 51.1 Å². The van der Waals surface area contributed by atoms with Gasteiger partial charge in [0, 0.05) is 47.3 Å². The molecule has 0 saturated heterocycles. The molecule has 0 fully saturated rings. The molecule has 2 heterocycles. The van der Waals surface area contributed by atoms with Crippen LogP contribution < -0.4 is 25.6 Å². The lowest BCUT2D eigenvalue weighted by molar-refractivity contribution is -0.119. The molecule has 0 saturated carbocycles. The van der Waals surface area contributed by atoms with Crippen LogP contribution in [0.15, 0.2) is 72.8 Å². The van der Waals surface area contributed by atoms with Crippen molar-refractivity contribution in [2.45, 2.75) is 77.5 Å². The number of para-hydroxylation sites is 1. The second-order valence-corrected chi connectivity index (χ2v) is 13.7. The number of nitrogens with one attached hydrogen (secondary N) is 3. The number of carbonyl (C=O) groups is 2. The van der Waals surface area contributed by atoms with Crippen molar-refractivity contribution < 1.29 is 14.3 Å². The first-order chi connectivity index (χ1) is 23.0. The summed E-state index contributed by atoms with van der Waals surface area (Å²) >= 11 is 0. The minimum absolute atomic E-state index is 0.000789. The molecule has 0 bridgehead atoms. The van der Waals surface area contributed by atoms with Gasteiger partial charge in [0.2, 0.25) is 5.91 Å². The molecule has 0 aliphatic carbocycles. The van der Waals surface area contributed by atoms with Gasteiger partial charge in [-0.2, -0.15) is 0 Å². The minimum Gasteiger partial charge on any atom is -0.494 e. The van der Waals surface area contributed by atoms with E-state index in [2.05, 4.69) is 60.0 Å². The van der Waals surface area contributed by atoms with E-state index in [-0.39, 0.29) is 22.9 Å². The number of nitrogens with zero attached hydrogens (tertiary/aromatic N) is 4. The molecule has 1 aliphatic rings. The molecule has 48 heavy (non-hydrogen) atoms. The molecule has 2 amide bonds. The van der Waals surface area contributed by atoms with E-state index < -0.39 is 0 Å². The molecule has 254 valence electrons. The molecule has 10 heteroatoms. The summed E-state index contributed by atoms with van der Waals surface area (Å²) in [7, 11) is 3.87. The fraction of sp³-hybridized carbons (Fsp3) is 0.421. The largest absolute Gasteiger partial charge is 0.494 e. The van der Waals surface area contributed by atoms with Crippen molar-refractivity contribution in [3.05, 3.63) is 83.9 Å². The quantitative estimate of drug-likeness (QED) is 0.147.